The van der Waals surface area contributed by atoms with Gasteiger partial charge in [-0.2, -0.15) is 0 Å². The number of phenolic OH excluding ortho intramolecular Hbond substituents is 1. The molecule has 0 spiro atoms. The standard InChI is InChI=1S/C19H12Cl2N2O7/c1-29-19(26)17-5-4-16(30-17)10-8-15(24)11(7-12(10)20)18(25)22-14-3-2-9(23(27)28)6-13(14)21/h2-8,24H,1H3,(H,22,25). The van der Waals surface area contributed by atoms with Crippen LogP contribution in [0.5, 0.6) is 5.75 Å². The van der Waals surface area contributed by atoms with Gasteiger partial charge in [-0.3, -0.25) is 14.9 Å². The molecule has 1 amide bonds. The second-order valence-corrected chi connectivity index (χ2v) is 6.69. The third kappa shape index (κ3) is 4.22. The third-order valence-electron chi connectivity index (χ3n) is 4.00. The van der Waals surface area contributed by atoms with Gasteiger partial charge >= 0.3 is 5.97 Å². The quantitative estimate of drug-likeness (QED) is 0.320. The molecule has 0 aliphatic rings. The molecule has 2 N–H and O–H groups in total. The second-order valence-electron chi connectivity index (χ2n) is 5.88. The number of carbonyl (C=O) groups is 2. The first-order chi connectivity index (χ1) is 14.2. The number of carbonyl (C=O) groups excluding carboxylic acids is 2. The maximum absolute atomic E-state index is 12.5. The number of nitrogens with zero attached hydrogens (tertiary/aromatic N) is 1. The molecular weight excluding hydrogens is 439 g/mol. The van der Waals surface area contributed by atoms with Crippen molar-refractivity contribution in [3.63, 3.8) is 0 Å². The van der Waals surface area contributed by atoms with Gasteiger partial charge in [0.25, 0.3) is 11.6 Å². The van der Waals surface area contributed by atoms with Crippen LogP contribution in [-0.2, 0) is 4.74 Å². The lowest BCUT2D eigenvalue weighted by Crippen LogP contribution is -2.12. The molecule has 9 nitrogen and oxygen atoms in total. The minimum atomic E-state index is -0.744. The summed E-state index contributed by atoms with van der Waals surface area (Å²) in [5, 5.41) is 23.5. The van der Waals surface area contributed by atoms with Gasteiger partial charge in [-0.15, -0.1) is 0 Å². The maximum atomic E-state index is 12.5. The van der Waals surface area contributed by atoms with Crippen LogP contribution in [0.15, 0.2) is 46.9 Å². The van der Waals surface area contributed by atoms with Crippen LogP contribution < -0.4 is 5.32 Å². The Morgan fingerprint density at radius 3 is 2.50 bits per heavy atom. The van der Waals surface area contributed by atoms with Crippen molar-refractivity contribution in [1.29, 1.82) is 0 Å². The number of nitrogens with one attached hydrogen (secondary N) is 1. The molecule has 2 aromatic carbocycles. The lowest BCUT2D eigenvalue weighted by molar-refractivity contribution is -0.384. The SMILES string of the molecule is COC(=O)c1ccc(-c2cc(O)c(C(=O)Nc3ccc([N+](=O)[O-])cc3Cl)cc2Cl)o1. The number of nitro benzene ring substituents is 1. The number of phenols is 1. The van der Waals surface area contributed by atoms with Gasteiger partial charge in [0.1, 0.15) is 11.5 Å². The van der Waals surface area contributed by atoms with Crippen LogP contribution in [0.1, 0.15) is 20.9 Å². The summed E-state index contributed by atoms with van der Waals surface area (Å²) in [7, 11) is 1.20. The van der Waals surface area contributed by atoms with Crippen LogP contribution in [0.3, 0.4) is 0 Å². The highest BCUT2D eigenvalue weighted by Crippen LogP contribution is 2.36. The Hall–Kier alpha value is -3.56. The number of halogens is 2. The van der Waals surface area contributed by atoms with Crippen molar-refractivity contribution in [2.24, 2.45) is 0 Å². The van der Waals surface area contributed by atoms with E-state index < -0.39 is 22.5 Å². The summed E-state index contributed by atoms with van der Waals surface area (Å²) in [6.45, 7) is 0. The van der Waals surface area contributed by atoms with E-state index in [1.54, 1.807) is 0 Å². The second kappa shape index (κ2) is 8.44. The molecule has 1 heterocycles. The Morgan fingerprint density at radius 1 is 1.13 bits per heavy atom. The minimum Gasteiger partial charge on any atom is -0.507 e. The number of hydrogen-bond donors (Lipinski definition) is 2. The molecule has 3 aromatic rings. The van der Waals surface area contributed by atoms with Crippen LogP contribution in [0, 0.1) is 10.1 Å². The number of anilines is 1. The van der Waals surface area contributed by atoms with Crippen molar-refractivity contribution in [3.05, 3.63) is 73.9 Å². The Balaban J connectivity index is 1.88. The van der Waals surface area contributed by atoms with Crippen LogP contribution in [0.2, 0.25) is 10.0 Å². The molecule has 0 bridgehead atoms. The zero-order chi connectivity index (χ0) is 22.0. The fourth-order valence-electron chi connectivity index (χ4n) is 2.53. The van der Waals surface area contributed by atoms with Crippen molar-refractivity contribution in [2.45, 2.75) is 0 Å². The predicted molar refractivity (Wildman–Crippen MR) is 108 cm³/mol. The molecule has 0 fully saturated rings. The number of nitro groups is 1. The van der Waals surface area contributed by atoms with Crippen molar-refractivity contribution >= 4 is 46.5 Å². The van der Waals surface area contributed by atoms with Gasteiger partial charge in [0, 0.05) is 17.7 Å². The summed E-state index contributed by atoms with van der Waals surface area (Å²) in [4.78, 5) is 34.2. The van der Waals surface area contributed by atoms with Crippen LogP contribution in [-0.4, -0.2) is 29.0 Å². The van der Waals surface area contributed by atoms with Crippen LogP contribution in [0.4, 0.5) is 11.4 Å². The van der Waals surface area contributed by atoms with E-state index in [4.69, 9.17) is 27.6 Å². The summed E-state index contributed by atoms with van der Waals surface area (Å²) in [5.41, 5.74) is -0.0502. The van der Waals surface area contributed by atoms with E-state index in [1.165, 1.54) is 43.5 Å². The molecule has 0 aliphatic carbocycles. The molecular formula is C19H12Cl2N2O7. The van der Waals surface area contributed by atoms with E-state index in [-0.39, 0.29) is 44.1 Å². The van der Waals surface area contributed by atoms with Crippen molar-refractivity contribution in [2.75, 3.05) is 12.4 Å². The van der Waals surface area contributed by atoms with E-state index >= 15 is 0 Å². The van der Waals surface area contributed by atoms with Gasteiger partial charge in [0.2, 0.25) is 5.76 Å². The monoisotopic (exact) mass is 450 g/mol. The molecule has 0 atom stereocenters. The largest absolute Gasteiger partial charge is 0.507 e. The molecule has 0 saturated heterocycles. The maximum Gasteiger partial charge on any atom is 0.373 e. The molecule has 3 rings (SSSR count). The lowest BCUT2D eigenvalue weighted by Gasteiger charge is -2.10. The highest BCUT2D eigenvalue weighted by molar-refractivity contribution is 6.35. The number of ether oxygens (including phenoxy) is 1. The Morgan fingerprint density at radius 2 is 1.87 bits per heavy atom. The highest BCUT2D eigenvalue weighted by atomic mass is 35.5. The average molecular weight is 451 g/mol. The summed E-state index contributed by atoms with van der Waals surface area (Å²) in [6.07, 6.45) is 0. The number of aromatic hydroxyl groups is 1. The fraction of sp³-hybridized carbons (Fsp3) is 0.0526. The number of methoxy groups -OCH3 is 1. The van der Waals surface area contributed by atoms with Crippen molar-refractivity contribution in [1.82, 2.24) is 0 Å². The van der Waals surface area contributed by atoms with Gasteiger partial charge in [0.15, 0.2) is 0 Å². The number of esters is 1. The van der Waals surface area contributed by atoms with Crippen molar-refractivity contribution in [3.8, 4) is 17.1 Å². The summed E-state index contributed by atoms with van der Waals surface area (Å²) in [5.74, 6) is -1.72. The van der Waals surface area contributed by atoms with E-state index in [0.29, 0.717) is 0 Å². The lowest BCUT2D eigenvalue weighted by atomic mass is 10.1. The zero-order valence-corrected chi connectivity index (χ0v) is 16.7. The number of amides is 1. The van der Waals surface area contributed by atoms with E-state index in [9.17, 15) is 24.8 Å². The molecule has 0 aliphatic heterocycles. The molecule has 0 saturated carbocycles. The van der Waals surface area contributed by atoms with Gasteiger partial charge in [0.05, 0.1) is 33.3 Å². The first-order valence-electron chi connectivity index (χ1n) is 8.17. The topological polar surface area (TPSA) is 132 Å². The fourth-order valence-corrected chi connectivity index (χ4v) is 3.01. The smallest absolute Gasteiger partial charge is 0.373 e. The third-order valence-corrected chi connectivity index (χ3v) is 4.63. The van der Waals surface area contributed by atoms with E-state index in [2.05, 4.69) is 10.1 Å². The molecule has 11 heteroatoms. The number of rotatable bonds is 5. The van der Waals surface area contributed by atoms with Gasteiger partial charge < -0.3 is 19.6 Å². The van der Waals surface area contributed by atoms with Gasteiger partial charge in [-0.1, -0.05) is 23.2 Å². The normalized spacial score (nSPS) is 10.5. The number of non-ortho nitro benzene ring substituents is 1. The Labute approximate surface area is 178 Å². The first-order valence-corrected chi connectivity index (χ1v) is 8.93. The molecule has 1 aromatic heterocycles. The Kier molecular flexibility index (Phi) is 5.95. The molecule has 0 radical (unpaired) electrons. The average Bonchev–Trinajstić information content (AvgIpc) is 3.20. The van der Waals surface area contributed by atoms with Crippen molar-refractivity contribution < 1.29 is 28.8 Å². The number of hydrogen-bond acceptors (Lipinski definition) is 7. The van der Waals surface area contributed by atoms with Gasteiger partial charge in [-0.05, 0) is 30.3 Å². The predicted octanol–water partition coefficient (Wildman–Crippen LogP) is 4.91. The minimum absolute atomic E-state index is 0.0503. The zero-order valence-electron chi connectivity index (χ0n) is 15.1. The highest BCUT2D eigenvalue weighted by Gasteiger charge is 2.20. The first kappa shape index (κ1) is 21.2. The molecule has 0 unspecified atom stereocenters. The Bertz CT molecular complexity index is 1170. The summed E-state index contributed by atoms with van der Waals surface area (Å²) < 4.78 is 9.92. The van der Waals surface area contributed by atoms with E-state index in [1.807, 2.05) is 0 Å². The summed E-state index contributed by atoms with van der Waals surface area (Å²) in [6, 6.07) is 8.78. The van der Waals surface area contributed by atoms with E-state index in [0.717, 1.165) is 6.07 Å². The van der Waals surface area contributed by atoms with Crippen LogP contribution in [0.25, 0.3) is 11.3 Å². The number of benzene rings is 2. The summed E-state index contributed by atoms with van der Waals surface area (Å²) >= 11 is 12.2. The molecule has 154 valence electrons. The van der Waals surface area contributed by atoms with Crippen LogP contribution >= 0.6 is 23.2 Å². The van der Waals surface area contributed by atoms with Gasteiger partial charge in [-0.25, -0.2) is 4.79 Å². The molecule has 30 heavy (non-hydrogen) atoms. The number of furan rings is 1.